The van der Waals surface area contributed by atoms with Crippen molar-refractivity contribution in [3.8, 4) is 11.4 Å². The van der Waals surface area contributed by atoms with Gasteiger partial charge in [-0.25, -0.2) is 0 Å². The second kappa shape index (κ2) is 8.49. The number of carboxylic acid groups (broad SMARTS) is 1. The van der Waals surface area contributed by atoms with Gasteiger partial charge in [0.1, 0.15) is 5.75 Å². The van der Waals surface area contributed by atoms with E-state index in [9.17, 15) is 14.7 Å². The summed E-state index contributed by atoms with van der Waals surface area (Å²) in [6, 6.07) is 6.37. The minimum Gasteiger partial charge on any atom is -0.508 e. The van der Waals surface area contributed by atoms with Gasteiger partial charge in [-0.2, -0.15) is 4.68 Å². The van der Waals surface area contributed by atoms with Crippen LogP contribution in [0.25, 0.3) is 5.69 Å². The molecule has 1 aromatic heterocycles. The normalized spacial score (nSPS) is 16.0. The van der Waals surface area contributed by atoms with Crippen molar-refractivity contribution in [1.29, 1.82) is 0 Å². The Kier molecular flexibility index (Phi) is 5.87. The number of aromatic nitrogens is 4. The van der Waals surface area contributed by atoms with E-state index in [4.69, 9.17) is 5.11 Å². The third kappa shape index (κ3) is 4.94. The summed E-state index contributed by atoms with van der Waals surface area (Å²) in [7, 11) is 0. The molecule has 1 aromatic carbocycles. The van der Waals surface area contributed by atoms with Gasteiger partial charge >= 0.3 is 5.97 Å². The van der Waals surface area contributed by atoms with Crippen molar-refractivity contribution in [3.63, 3.8) is 0 Å². The Morgan fingerprint density at radius 2 is 2.07 bits per heavy atom. The van der Waals surface area contributed by atoms with Crippen LogP contribution in [0.15, 0.2) is 53.2 Å². The molecular weight excluding hydrogens is 370 g/mol. The summed E-state index contributed by atoms with van der Waals surface area (Å²) < 4.78 is 1.47. The second-order valence-corrected chi connectivity index (χ2v) is 6.72. The van der Waals surface area contributed by atoms with Crippen LogP contribution < -0.4 is 5.32 Å². The van der Waals surface area contributed by atoms with Crippen LogP contribution in [0.4, 0.5) is 0 Å². The molecule has 10 heteroatoms. The Labute approximate surface area is 158 Å². The molecule has 9 nitrogen and oxygen atoms in total. The van der Waals surface area contributed by atoms with Gasteiger partial charge in [-0.15, -0.1) is 5.10 Å². The van der Waals surface area contributed by atoms with E-state index in [2.05, 4.69) is 20.8 Å². The van der Waals surface area contributed by atoms with Gasteiger partial charge < -0.3 is 15.5 Å². The topological polar surface area (TPSA) is 130 Å². The highest BCUT2D eigenvalue weighted by molar-refractivity contribution is 7.99. The number of thioether (sulfide) groups is 1. The largest absolute Gasteiger partial charge is 0.508 e. The van der Waals surface area contributed by atoms with Crippen LogP contribution in [0.3, 0.4) is 0 Å². The molecule has 3 rings (SSSR count). The van der Waals surface area contributed by atoms with E-state index in [1.165, 1.54) is 28.6 Å². The number of nitrogens with one attached hydrogen (secondary N) is 1. The van der Waals surface area contributed by atoms with Gasteiger partial charge in [0, 0.05) is 6.54 Å². The Balaban J connectivity index is 1.53. The lowest BCUT2D eigenvalue weighted by Gasteiger charge is -2.13. The number of rotatable bonds is 7. The maximum absolute atomic E-state index is 12.1. The first kappa shape index (κ1) is 18.6. The van der Waals surface area contributed by atoms with Crippen molar-refractivity contribution < 1.29 is 19.8 Å². The Morgan fingerprint density at radius 3 is 2.81 bits per heavy atom. The van der Waals surface area contributed by atoms with E-state index in [1.807, 2.05) is 6.08 Å². The lowest BCUT2D eigenvalue weighted by molar-refractivity contribution is -0.140. The molecule has 0 aliphatic heterocycles. The number of benzene rings is 1. The SMILES string of the molecule is O=C(CSc1nnnn1-c1ccc(O)cc1)NCC1=CC(C(=O)O)CC=C1. The zero-order valence-corrected chi connectivity index (χ0v) is 15.0. The standard InChI is InChI=1S/C17H17N5O4S/c23-14-6-4-13(5-7-14)22-17(19-20-21-22)27-10-15(24)18-9-11-2-1-3-12(8-11)16(25)26/h1-2,4-8,12,23H,3,9-10H2,(H,18,24)(H,25,26). The molecule has 2 aromatic rings. The molecule has 1 aliphatic carbocycles. The molecule has 0 saturated carbocycles. The summed E-state index contributed by atoms with van der Waals surface area (Å²) in [5.41, 5.74) is 1.43. The number of phenolic OH excluding ortho intramolecular Hbond substituents is 1. The van der Waals surface area contributed by atoms with Gasteiger partial charge in [0.05, 0.1) is 17.4 Å². The van der Waals surface area contributed by atoms with Crippen molar-refractivity contribution in [1.82, 2.24) is 25.5 Å². The van der Waals surface area contributed by atoms with Crippen molar-refractivity contribution >= 4 is 23.6 Å². The molecule has 1 amide bonds. The third-order valence-electron chi connectivity index (χ3n) is 3.81. The van der Waals surface area contributed by atoms with Gasteiger partial charge in [-0.05, 0) is 46.7 Å². The maximum Gasteiger partial charge on any atom is 0.310 e. The highest BCUT2D eigenvalue weighted by Crippen LogP contribution is 2.20. The Morgan fingerprint density at radius 1 is 1.30 bits per heavy atom. The average Bonchev–Trinajstić information content (AvgIpc) is 3.14. The molecular formula is C17H17N5O4S. The van der Waals surface area contributed by atoms with Crippen molar-refractivity contribution in [2.24, 2.45) is 5.92 Å². The van der Waals surface area contributed by atoms with Crippen molar-refractivity contribution in [3.05, 3.63) is 48.1 Å². The predicted molar refractivity (Wildman–Crippen MR) is 97.5 cm³/mol. The first-order valence-electron chi connectivity index (χ1n) is 8.10. The first-order chi connectivity index (χ1) is 13.0. The first-order valence-corrected chi connectivity index (χ1v) is 9.09. The molecule has 0 bridgehead atoms. The number of carbonyl (C=O) groups excluding carboxylic acids is 1. The molecule has 0 fully saturated rings. The van der Waals surface area contributed by atoms with E-state index in [1.54, 1.807) is 24.3 Å². The second-order valence-electron chi connectivity index (χ2n) is 5.78. The van der Waals surface area contributed by atoms with Gasteiger partial charge in [0.2, 0.25) is 11.1 Å². The van der Waals surface area contributed by atoms with E-state index in [0.29, 0.717) is 17.3 Å². The zero-order chi connectivity index (χ0) is 19.2. The van der Waals surface area contributed by atoms with Gasteiger partial charge in [0.15, 0.2) is 0 Å². The van der Waals surface area contributed by atoms with Gasteiger partial charge in [0.25, 0.3) is 0 Å². The number of nitrogens with zero attached hydrogens (tertiary/aromatic N) is 4. The summed E-state index contributed by atoms with van der Waals surface area (Å²) >= 11 is 1.17. The summed E-state index contributed by atoms with van der Waals surface area (Å²) in [5, 5.41) is 33.0. The van der Waals surface area contributed by atoms with E-state index in [0.717, 1.165) is 5.57 Å². The molecule has 0 saturated heterocycles. The van der Waals surface area contributed by atoms with Crippen LogP contribution in [0, 0.1) is 5.92 Å². The fraction of sp³-hybridized carbons (Fsp3) is 0.235. The number of carboxylic acids is 1. The number of aromatic hydroxyl groups is 1. The fourth-order valence-corrected chi connectivity index (χ4v) is 3.17. The van der Waals surface area contributed by atoms with Gasteiger partial charge in [-0.1, -0.05) is 30.0 Å². The fourth-order valence-electron chi connectivity index (χ4n) is 2.44. The lowest BCUT2D eigenvalue weighted by Crippen LogP contribution is -2.28. The number of aliphatic carboxylic acids is 1. The summed E-state index contributed by atoms with van der Waals surface area (Å²) in [6.07, 6.45) is 5.72. The lowest BCUT2D eigenvalue weighted by atomic mass is 9.96. The quantitative estimate of drug-likeness (QED) is 0.604. The highest BCUT2D eigenvalue weighted by atomic mass is 32.2. The monoisotopic (exact) mass is 387 g/mol. The minimum atomic E-state index is -0.875. The Bertz CT molecular complexity index is 891. The number of phenols is 1. The highest BCUT2D eigenvalue weighted by Gasteiger charge is 2.17. The van der Waals surface area contributed by atoms with Crippen LogP contribution in [0.1, 0.15) is 6.42 Å². The minimum absolute atomic E-state index is 0.109. The number of carbonyl (C=O) groups is 2. The number of hydrogen-bond donors (Lipinski definition) is 3. The van der Waals surface area contributed by atoms with Crippen LogP contribution in [0.2, 0.25) is 0 Å². The number of hydrogen-bond acceptors (Lipinski definition) is 7. The van der Waals surface area contributed by atoms with E-state index in [-0.39, 0.29) is 24.0 Å². The summed E-state index contributed by atoms with van der Waals surface area (Å²) in [4.78, 5) is 23.1. The molecule has 0 radical (unpaired) electrons. The predicted octanol–water partition coefficient (Wildman–Crippen LogP) is 1.16. The van der Waals surface area contributed by atoms with E-state index >= 15 is 0 Å². The maximum atomic E-state index is 12.1. The van der Waals surface area contributed by atoms with Crippen LogP contribution in [-0.2, 0) is 9.59 Å². The third-order valence-corrected chi connectivity index (χ3v) is 4.73. The molecule has 1 unspecified atom stereocenters. The van der Waals surface area contributed by atoms with Crippen LogP contribution in [-0.4, -0.2) is 54.6 Å². The zero-order valence-electron chi connectivity index (χ0n) is 14.1. The van der Waals surface area contributed by atoms with E-state index < -0.39 is 11.9 Å². The van der Waals surface area contributed by atoms with Crippen molar-refractivity contribution in [2.45, 2.75) is 11.6 Å². The van der Waals surface area contributed by atoms with Gasteiger partial charge in [-0.3, -0.25) is 9.59 Å². The van der Waals surface area contributed by atoms with Crippen LogP contribution in [0.5, 0.6) is 5.75 Å². The number of allylic oxidation sites excluding steroid dienone is 1. The molecule has 1 atom stereocenters. The van der Waals surface area contributed by atoms with Crippen molar-refractivity contribution in [2.75, 3.05) is 12.3 Å². The molecule has 0 spiro atoms. The summed E-state index contributed by atoms with van der Waals surface area (Å²) in [6.45, 7) is 0.266. The molecule has 140 valence electrons. The molecule has 1 aliphatic rings. The molecule has 27 heavy (non-hydrogen) atoms. The summed E-state index contributed by atoms with van der Waals surface area (Å²) in [5.74, 6) is -1.40. The van der Waals surface area contributed by atoms with Crippen LogP contribution >= 0.6 is 11.8 Å². The number of amides is 1. The Hall–Kier alpha value is -3.14. The smallest absolute Gasteiger partial charge is 0.310 e. The molecule has 3 N–H and O–H groups in total. The number of tetrazole rings is 1. The molecule has 1 heterocycles. The average molecular weight is 387 g/mol.